The van der Waals surface area contributed by atoms with Crippen LogP contribution in [-0.4, -0.2) is 38.7 Å². The van der Waals surface area contributed by atoms with Gasteiger partial charge in [0.2, 0.25) is 0 Å². The highest BCUT2D eigenvalue weighted by atomic mass is 16.5. The van der Waals surface area contributed by atoms with E-state index in [1.54, 1.807) is 7.11 Å². The van der Waals surface area contributed by atoms with E-state index in [4.69, 9.17) is 9.47 Å². The summed E-state index contributed by atoms with van der Waals surface area (Å²) in [5.41, 5.74) is 1.65. The van der Waals surface area contributed by atoms with Gasteiger partial charge in [-0.2, -0.15) is 0 Å². The van der Waals surface area contributed by atoms with E-state index in [0.717, 1.165) is 11.1 Å². The van der Waals surface area contributed by atoms with Gasteiger partial charge in [0, 0.05) is 13.7 Å². The Labute approximate surface area is 141 Å². The zero-order valence-electron chi connectivity index (χ0n) is 13.6. The van der Waals surface area contributed by atoms with Gasteiger partial charge in [-0.05, 0) is 11.1 Å². The fourth-order valence-electron chi connectivity index (χ4n) is 2.32. The summed E-state index contributed by atoms with van der Waals surface area (Å²) >= 11 is 0. The summed E-state index contributed by atoms with van der Waals surface area (Å²) in [5, 5.41) is 2.62. The molecule has 0 atom stereocenters. The van der Waals surface area contributed by atoms with Crippen LogP contribution in [0.1, 0.15) is 17.0 Å². The normalized spacial score (nSPS) is 10.4. The van der Waals surface area contributed by atoms with Crippen molar-refractivity contribution >= 4 is 11.9 Å². The lowest BCUT2D eigenvalue weighted by molar-refractivity contribution is -0.149. The van der Waals surface area contributed by atoms with Crippen LogP contribution in [0.5, 0.6) is 0 Å². The van der Waals surface area contributed by atoms with Gasteiger partial charge in [-0.1, -0.05) is 60.7 Å². The molecular formula is C19H21NO4. The molecule has 1 N–H and O–H groups in total. The monoisotopic (exact) mass is 327 g/mol. The van der Waals surface area contributed by atoms with Crippen molar-refractivity contribution in [2.75, 3.05) is 26.9 Å². The molecule has 0 heterocycles. The first-order valence-electron chi connectivity index (χ1n) is 7.74. The molecule has 0 radical (unpaired) electrons. The number of esters is 1. The van der Waals surface area contributed by atoms with Crippen LogP contribution < -0.4 is 5.32 Å². The van der Waals surface area contributed by atoms with Gasteiger partial charge in [0.15, 0.2) is 6.61 Å². The average molecular weight is 327 g/mol. The maximum absolute atomic E-state index is 12.6. The Hall–Kier alpha value is -2.66. The van der Waals surface area contributed by atoms with Crippen molar-refractivity contribution in [3.05, 3.63) is 71.8 Å². The molecule has 2 aromatic rings. The maximum Gasteiger partial charge on any atom is 0.318 e. The summed E-state index contributed by atoms with van der Waals surface area (Å²) in [6, 6.07) is 18.8. The van der Waals surface area contributed by atoms with Gasteiger partial charge in [-0.15, -0.1) is 0 Å². The van der Waals surface area contributed by atoms with Crippen LogP contribution in [0.3, 0.4) is 0 Å². The van der Waals surface area contributed by atoms with Crippen molar-refractivity contribution in [2.45, 2.75) is 5.92 Å². The predicted octanol–water partition coefficient (Wildman–Crippen LogP) is 2.12. The number of nitrogens with one attached hydrogen (secondary N) is 1. The van der Waals surface area contributed by atoms with Crippen molar-refractivity contribution < 1.29 is 19.1 Å². The van der Waals surface area contributed by atoms with E-state index in [2.05, 4.69) is 5.32 Å². The van der Waals surface area contributed by atoms with Gasteiger partial charge in [0.05, 0.1) is 6.61 Å². The summed E-state index contributed by atoms with van der Waals surface area (Å²) < 4.78 is 10.1. The minimum atomic E-state index is -0.556. The number of rotatable bonds is 8. The Morgan fingerprint density at radius 2 is 1.50 bits per heavy atom. The molecule has 0 saturated carbocycles. The van der Waals surface area contributed by atoms with Gasteiger partial charge in [0.25, 0.3) is 5.91 Å². The molecule has 2 aromatic carbocycles. The Kier molecular flexibility index (Phi) is 6.98. The highest BCUT2D eigenvalue weighted by Gasteiger charge is 2.24. The minimum Gasteiger partial charge on any atom is -0.455 e. The van der Waals surface area contributed by atoms with Crippen LogP contribution in [0.4, 0.5) is 0 Å². The maximum atomic E-state index is 12.6. The summed E-state index contributed by atoms with van der Waals surface area (Å²) in [6.45, 7) is 0.489. The molecule has 126 valence electrons. The number of amides is 1. The van der Waals surface area contributed by atoms with Gasteiger partial charge in [-0.3, -0.25) is 9.59 Å². The van der Waals surface area contributed by atoms with E-state index in [-0.39, 0.29) is 12.5 Å². The lowest BCUT2D eigenvalue weighted by Gasteiger charge is -2.17. The lowest BCUT2D eigenvalue weighted by Crippen LogP contribution is -2.32. The van der Waals surface area contributed by atoms with Crippen LogP contribution in [0.15, 0.2) is 60.7 Å². The predicted molar refractivity (Wildman–Crippen MR) is 90.6 cm³/mol. The van der Waals surface area contributed by atoms with Crippen molar-refractivity contribution in [3.63, 3.8) is 0 Å². The van der Waals surface area contributed by atoms with Crippen LogP contribution in [0, 0.1) is 0 Å². The Bertz CT molecular complexity index is 603. The number of carbonyl (C=O) groups is 2. The van der Waals surface area contributed by atoms with Crippen molar-refractivity contribution in [2.24, 2.45) is 0 Å². The second-order valence-corrected chi connectivity index (χ2v) is 5.20. The Balaban J connectivity index is 2.05. The number of methoxy groups -OCH3 is 1. The molecule has 0 aliphatic carbocycles. The molecule has 1 amide bonds. The molecule has 2 rings (SSSR count). The van der Waals surface area contributed by atoms with Gasteiger partial charge in [0.1, 0.15) is 5.92 Å². The standard InChI is InChI=1S/C19H21NO4/c1-23-13-12-20-17(21)14-24-19(22)18(15-8-4-2-5-9-15)16-10-6-3-7-11-16/h2-11,18H,12-14H2,1H3,(H,20,21). The second kappa shape index (κ2) is 9.47. The van der Waals surface area contributed by atoms with Crippen LogP contribution >= 0.6 is 0 Å². The van der Waals surface area contributed by atoms with Crippen LogP contribution in [0.25, 0.3) is 0 Å². The van der Waals surface area contributed by atoms with E-state index >= 15 is 0 Å². The molecule has 0 aliphatic heterocycles. The fourth-order valence-corrected chi connectivity index (χ4v) is 2.32. The highest BCUT2D eigenvalue weighted by molar-refractivity contribution is 5.85. The highest BCUT2D eigenvalue weighted by Crippen LogP contribution is 2.25. The SMILES string of the molecule is COCCNC(=O)COC(=O)C(c1ccccc1)c1ccccc1. The Morgan fingerprint density at radius 3 is 2.00 bits per heavy atom. The molecule has 0 aliphatic rings. The number of hydrogen-bond donors (Lipinski definition) is 1. The molecule has 0 fully saturated rings. The number of benzene rings is 2. The molecule has 0 unspecified atom stereocenters. The van der Waals surface area contributed by atoms with E-state index in [1.165, 1.54) is 0 Å². The topological polar surface area (TPSA) is 64.6 Å². The fraction of sp³-hybridized carbons (Fsp3) is 0.263. The van der Waals surface area contributed by atoms with E-state index in [9.17, 15) is 9.59 Å². The molecular weight excluding hydrogens is 306 g/mol. The first kappa shape index (κ1) is 17.7. The second-order valence-electron chi connectivity index (χ2n) is 5.20. The van der Waals surface area contributed by atoms with Crippen molar-refractivity contribution in [1.82, 2.24) is 5.32 Å². The molecule has 0 saturated heterocycles. The lowest BCUT2D eigenvalue weighted by atomic mass is 9.91. The largest absolute Gasteiger partial charge is 0.455 e. The van der Waals surface area contributed by atoms with E-state index in [0.29, 0.717) is 13.2 Å². The van der Waals surface area contributed by atoms with Crippen LogP contribution in [-0.2, 0) is 19.1 Å². The van der Waals surface area contributed by atoms with Crippen molar-refractivity contribution in [3.8, 4) is 0 Å². The average Bonchev–Trinajstić information content (AvgIpc) is 2.62. The van der Waals surface area contributed by atoms with Gasteiger partial charge < -0.3 is 14.8 Å². The third-order valence-electron chi connectivity index (χ3n) is 3.48. The zero-order valence-corrected chi connectivity index (χ0v) is 13.6. The quantitative estimate of drug-likeness (QED) is 0.596. The summed E-state index contributed by atoms with van der Waals surface area (Å²) in [7, 11) is 1.55. The summed E-state index contributed by atoms with van der Waals surface area (Å²) in [5.74, 6) is -1.35. The molecule has 5 heteroatoms. The third kappa shape index (κ3) is 5.21. The first-order valence-corrected chi connectivity index (χ1v) is 7.74. The smallest absolute Gasteiger partial charge is 0.318 e. The number of ether oxygens (including phenoxy) is 2. The number of hydrogen-bond acceptors (Lipinski definition) is 4. The zero-order chi connectivity index (χ0) is 17.2. The van der Waals surface area contributed by atoms with Gasteiger partial charge in [-0.25, -0.2) is 0 Å². The summed E-state index contributed by atoms with van der Waals surface area (Å²) in [4.78, 5) is 24.2. The molecule has 0 spiro atoms. The Morgan fingerprint density at radius 1 is 0.958 bits per heavy atom. The van der Waals surface area contributed by atoms with Crippen molar-refractivity contribution in [1.29, 1.82) is 0 Å². The van der Waals surface area contributed by atoms with E-state index in [1.807, 2.05) is 60.7 Å². The third-order valence-corrected chi connectivity index (χ3v) is 3.48. The summed E-state index contributed by atoms with van der Waals surface area (Å²) in [6.07, 6.45) is 0. The van der Waals surface area contributed by atoms with Crippen LogP contribution in [0.2, 0.25) is 0 Å². The molecule has 24 heavy (non-hydrogen) atoms. The van der Waals surface area contributed by atoms with E-state index < -0.39 is 11.9 Å². The number of carbonyl (C=O) groups excluding carboxylic acids is 2. The molecule has 0 aromatic heterocycles. The first-order chi connectivity index (χ1) is 11.7. The minimum absolute atomic E-state index is 0.307. The van der Waals surface area contributed by atoms with Gasteiger partial charge >= 0.3 is 5.97 Å². The molecule has 5 nitrogen and oxygen atoms in total. The molecule has 0 bridgehead atoms.